The van der Waals surface area contributed by atoms with Crippen molar-refractivity contribution in [2.45, 2.75) is 25.4 Å². The van der Waals surface area contributed by atoms with Crippen molar-refractivity contribution in [3.05, 3.63) is 51.4 Å². The lowest BCUT2D eigenvalue weighted by Crippen LogP contribution is -2.18. The Morgan fingerprint density at radius 2 is 2.04 bits per heavy atom. The molecule has 0 saturated carbocycles. The van der Waals surface area contributed by atoms with Gasteiger partial charge in [-0.2, -0.15) is 0 Å². The summed E-state index contributed by atoms with van der Waals surface area (Å²) in [4.78, 5) is 29.7. The van der Waals surface area contributed by atoms with Crippen LogP contribution in [0.1, 0.15) is 23.7 Å². The number of rotatable bonds is 7. The van der Waals surface area contributed by atoms with E-state index < -0.39 is 5.97 Å². The van der Waals surface area contributed by atoms with Crippen LogP contribution in [-0.2, 0) is 11.2 Å². The van der Waals surface area contributed by atoms with Crippen LogP contribution in [-0.4, -0.2) is 33.4 Å². The van der Waals surface area contributed by atoms with Gasteiger partial charge in [0.15, 0.2) is 5.16 Å². The van der Waals surface area contributed by atoms with Crippen LogP contribution >= 0.6 is 11.8 Å². The molecule has 0 aliphatic rings. The Morgan fingerprint density at radius 1 is 1.35 bits per heavy atom. The maximum atomic E-state index is 12.2. The number of carbonyl (C=O) groups is 1. The summed E-state index contributed by atoms with van der Waals surface area (Å²) in [5, 5.41) is 9.00. The number of carboxylic acid groups (broad SMARTS) is 1. The molecule has 1 aromatic carbocycles. The van der Waals surface area contributed by atoms with Gasteiger partial charge in [-0.25, -0.2) is 4.98 Å². The lowest BCUT2D eigenvalue weighted by atomic mass is 10.1. The molecule has 23 heavy (non-hydrogen) atoms. The van der Waals surface area contributed by atoms with E-state index in [0.29, 0.717) is 29.4 Å². The number of H-pyrrole nitrogens is 1. The number of hydrogen-bond donors (Lipinski definition) is 2. The van der Waals surface area contributed by atoms with E-state index in [1.165, 1.54) is 0 Å². The third-order valence-corrected chi connectivity index (χ3v) is 4.01. The van der Waals surface area contributed by atoms with Crippen molar-refractivity contribution in [2.75, 3.05) is 12.4 Å². The number of aliphatic carboxylic acids is 1. The fourth-order valence-corrected chi connectivity index (χ4v) is 2.69. The summed E-state index contributed by atoms with van der Waals surface area (Å²) in [7, 11) is 0. The van der Waals surface area contributed by atoms with Crippen molar-refractivity contribution >= 4 is 17.7 Å². The zero-order valence-corrected chi connectivity index (χ0v) is 13.8. The summed E-state index contributed by atoms with van der Waals surface area (Å²) < 4.78 is 5.39. The minimum atomic E-state index is -0.950. The van der Waals surface area contributed by atoms with Crippen LogP contribution in [0.25, 0.3) is 0 Å². The SMILES string of the molecule is CCOc1ccc(Cc2c(C)nc(SCC(=O)O)[nH]c2=O)cc1. The van der Waals surface area contributed by atoms with Crippen LogP contribution in [0.5, 0.6) is 5.75 Å². The number of aryl methyl sites for hydroxylation is 1. The molecular weight excluding hydrogens is 316 g/mol. The van der Waals surface area contributed by atoms with E-state index in [-0.39, 0.29) is 11.3 Å². The third kappa shape index (κ3) is 4.85. The molecule has 0 amide bonds. The van der Waals surface area contributed by atoms with Crippen molar-refractivity contribution in [1.82, 2.24) is 9.97 Å². The summed E-state index contributed by atoms with van der Waals surface area (Å²) in [6, 6.07) is 7.56. The number of thioether (sulfide) groups is 1. The second-order valence-corrected chi connectivity index (χ2v) is 5.84. The van der Waals surface area contributed by atoms with Crippen molar-refractivity contribution in [2.24, 2.45) is 0 Å². The Balaban J connectivity index is 2.16. The van der Waals surface area contributed by atoms with Gasteiger partial charge in [-0.15, -0.1) is 0 Å². The lowest BCUT2D eigenvalue weighted by Gasteiger charge is -2.08. The Bertz CT molecular complexity index is 741. The molecule has 0 atom stereocenters. The van der Waals surface area contributed by atoms with Gasteiger partial charge in [0, 0.05) is 17.7 Å². The van der Waals surface area contributed by atoms with E-state index >= 15 is 0 Å². The lowest BCUT2D eigenvalue weighted by molar-refractivity contribution is -0.133. The summed E-state index contributed by atoms with van der Waals surface area (Å²) in [6.45, 7) is 4.29. The van der Waals surface area contributed by atoms with Crippen molar-refractivity contribution in [3.8, 4) is 5.75 Å². The molecule has 7 heteroatoms. The minimum Gasteiger partial charge on any atom is -0.494 e. The van der Waals surface area contributed by atoms with E-state index in [0.717, 1.165) is 23.1 Å². The second kappa shape index (κ2) is 7.82. The Hall–Kier alpha value is -2.28. The number of benzene rings is 1. The number of aromatic amines is 1. The van der Waals surface area contributed by atoms with Crippen molar-refractivity contribution in [3.63, 3.8) is 0 Å². The summed E-state index contributed by atoms with van der Waals surface area (Å²) in [5.41, 5.74) is 1.93. The van der Waals surface area contributed by atoms with E-state index in [1.807, 2.05) is 31.2 Å². The molecule has 0 aliphatic carbocycles. The third-order valence-electron chi connectivity index (χ3n) is 3.15. The molecule has 6 nitrogen and oxygen atoms in total. The number of ether oxygens (including phenoxy) is 1. The fraction of sp³-hybridized carbons (Fsp3) is 0.312. The zero-order valence-electron chi connectivity index (χ0n) is 13.0. The molecule has 0 fully saturated rings. The summed E-state index contributed by atoms with van der Waals surface area (Å²) in [5.74, 6) is -0.296. The highest BCUT2D eigenvalue weighted by atomic mass is 32.2. The first kappa shape index (κ1) is 17.1. The molecule has 0 radical (unpaired) electrons. The average molecular weight is 334 g/mol. The molecule has 0 spiro atoms. The molecule has 1 heterocycles. The fourth-order valence-electron chi connectivity index (χ4n) is 2.07. The number of aromatic nitrogens is 2. The first-order chi connectivity index (χ1) is 11.0. The Labute approximate surface area is 137 Å². The van der Waals surface area contributed by atoms with Crippen LogP contribution in [0.2, 0.25) is 0 Å². The second-order valence-electron chi connectivity index (χ2n) is 4.87. The van der Waals surface area contributed by atoms with Gasteiger partial charge in [-0.1, -0.05) is 23.9 Å². The predicted octanol–water partition coefficient (Wildman–Crippen LogP) is 2.24. The largest absolute Gasteiger partial charge is 0.494 e. The smallest absolute Gasteiger partial charge is 0.313 e. The standard InChI is InChI=1S/C16H18N2O4S/c1-3-22-12-6-4-11(5-7-12)8-13-10(2)17-16(18-15(13)21)23-9-14(19)20/h4-7H,3,8-9H2,1-2H3,(H,19,20)(H,17,18,21). The van der Waals surface area contributed by atoms with Gasteiger partial charge in [-0.05, 0) is 31.5 Å². The van der Waals surface area contributed by atoms with Crippen LogP contribution in [0.15, 0.2) is 34.2 Å². The van der Waals surface area contributed by atoms with Gasteiger partial charge in [0.1, 0.15) is 5.75 Å². The van der Waals surface area contributed by atoms with E-state index in [9.17, 15) is 9.59 Å². The molecule has 0 bridgehead atoms. The molecular formula is C16H18N2O4S. The molecule has 0 aliphatic heterocycles. The molecule has 0 unspecified atom stereocenters. The van der Waals surface area contributed by atoms with Gasteiger partial charge in [0.2, 0.25) is 0 Å². The van der Waals surface area contributed by atoms with Gasteiger partial charge in [0.05, 0.1) is 12.4 Å². The highest BCUT2D eigenvalue weighted by Crippen LogP contribution is 2.17. The molecule has 0 saturated heterocycles. The molecule has 2 aromatic rings. The quantitative estimate of drug-likeness (QED) is 0.596. The van der Waals surface area contributed by atoms with Gasteiger partial charge >= 0.3 is 5.97 Å². The average Bonchev–Trinajstić information content (AvgIpc) is 2.51. The minimum absolute atomic E-state index is 0.138. The predicted molar refractivity (Wildman–Crippen MR) is 88.4 cm³/mol. The number of nitrogens with one attached hydrogen (secondary N) is 1. The maximum absolute atomic E-state index is 12.2. The van der Waals surface area contributed by atoms with Crippen molar-refractivity contribution < 1.29 is 14.6 Å². The monoisotopic (exact) mass is 334 g/mol. The normalized spacial score (nSPS) is 10.5. The number of carboxylic acids is 1. The first-order valence-corrected chi connectivity index (χ1v) is 8.14. The van der Waals surface area contributed by atoms with Crippen LogP contribution in [0, 0.1) is 6.92 Å². The number of hydrogen-bond acceptors (Lipinski definition) is 5. The Morgan fingerprint density at radius 3 is 2.61 bits per heavy atom. The maximum Gasteiger partial charge on any atom is 0.313 e. The zero-order chi connectivity index (χ0) is 16.8. The van der Waals surface area contributed by atoms with Crippen LogP contribution in [0.4, 0.5) is 0 Å². The molecule has 1 aromatic heterocycles. The van der Waals surface area contributed by atoms with Crippen LogP contribution < -0.4 is 10.3 Å². The Kier molecular flexibility index (Phi) is 5.81. The van der Waals surface area contributed by atoms with E-state index in [1.54, 1.807) is 6.92 Å². The van der Waals surface area contributed by atoms with Crippen molar-refractivity contribution in [1.29, 1.82) is 0 Å². The highest BCUT2D eigenvalue weighted by molar-refractivity contribution is 7.99. The highest BCUT2D eigenvalue weighted by Gasteiger charge is 2.10. The first-order valence-electron chi connectivity index (χ1n) is 7.15. The topological polar surface area (TPSA) is 92.3 Å². The molecule has 122 valence electrons. The van der Waals surface area contributed by atoms with Gasteiger partial charge < -0.3 is 14.8 Å². The number of nitrogens with zero attached hydrogens (tertiary/aromatic N) is 1. The van der Waals surface area contributed by atoms with Gasteiger partial charge in [-0.3, -0.25) is 9.59 Å². The van der Waals surface area contributed by atoms with Crippen LogP contribution in [0.3, 0.4) is 0 Å². The summed E-state index contributed by atoms with van der Waals surface area (Å²) in [6.07, 6.45) is 0.463. The summed E-state index contributed by atoms with van der Waals surface area (Å²) >= 11 is 0.997. The van der Waals surface area contributed by atoms with Gasteiger partial charge in [0.25, 0.3) is 5.56 Å². The molecule has 2 N–H and O–H groups in total. The molecule has 2 rings (SSSR count). The van der Waals surface area contributed by atoms with E-state index in [4.69, 9.17) is 9.84 Å². The van der Waals surface area contributed by atoms with E-state index in [2.05, 4.69) is 9.97 Å².